The zero-order chi connectivity index (χ0) is 14.0. The van der Waals surface area contributed by atoms with Crippen LogP contribution in [0.15, 0.2) is 36.4 Å². The maximum absolute atomic E-state index is 13.5. The van der Waals surface area contributed by atoms with E-state index in [1.54, 1.807) is 0 Å². The fourth-order valence-electron chi connectivity index (χ4n) is 1.45. The smallest absolute Gasteiger partial charge is 0.255 e. The molecule has 2 aromatic carbocycles. The molecule has 0 atom stereocenters. The molecule has 0 aromatic heterocycles. The Kier molecular flexibility index (Phi) is 3.66. The fraction of sp³-hybridized carbons (Fsp3) is 0. The van der Waals surface area contributed by atoms with Gasteiger partial charge in [0.15, 0.2) is 0 Å². The molecule has 0 aliphatic heterocycles. The van der Waals surface area contributed by atoms with Gasteiger partial charge in [-0.15, -0.1) is 0 Å². The lowest BCUT2D eigenvalue weighted by molar-refractivity contribution is 0.102. The van der Waals surface area contributed by atoms with Crippen molar-refractivity contribution in [2.75, 3.05) is 11.1 Å². The predicted octanol–water partition coefficient (Wildman–Crippen LogP) is 3.45. The van der Waals surface area contributed by atoms with E-state index in [1.165, 1.54) is 24.3 Å². The number of nitrogens with one attached hydrogen (secondary N) is 1. The highest BCUT2D eigenvalue weighted by Gasteiger charge is 2.11. The van der Waals surface area contributed by atoms with Crippen LogP contribution in [-0.4, -0.2) is 5.91 Å². The first kappa shape index (κ1) is 13.3. The van der Waals surface area contributed by atoms with Gasteiger partial charge in [-0.3, -0.25) is 4.79 Å². The Morgan fingerprint density at radius 1 is 1.11 bits per heavy atom. The average molecular weight is 283 g/mol. The van der Waals surface area contributed by atoms with E-state index in [0.29, 0.717) is 0 Å². The van der Waals surface area contributed by atoms with Gasteiger partial charge in [0.05, 0.1) is 11.4 Å². The van der Waals surface area contributed by atoms with E-state index in [9.17, 15) is 13.6 Å². The number of nitrogens with two attached hydrogens (primary N) is 1. The van der Waals surface area contributed by atoms with Crippen LogP contribution in [0.4, 0.5) is 20.2 Å². The number of carbonyl (C=O) groups is 1. The summed E-state index contributed by atoms with van der Waals surface area (Å²) in [7, 11) is 0. The van der Waals surface area contributed by atoms with Crippen LogP contribution >= 0.6 is 11.6 Å². The molecule has 0 bridgehead atoms. The first-order valence-electron chi connectivity index (χ1n) is 5.29. The highest BCUT2D eigenvalue weighted by atomic mass is 35.5. The van der Waals surface area contributed by atoms with Gasteiger partial charge < -0.3 is 11.1 Å². The van der Waals surface area contributed by atoms with E-state index in [2.05, 4.69) is 5.32 Å². The first-order chi connectivity index (χ1) is 8.97. The number of nitrogen functional groups attached to an aromatic ring is 1. The average Bonchev–Trinajstić information content (AvgIpc) is 2.36. The zero-order valence-corrected chi connectivity index (χ0v) is 10.3. The van der Waals surface area contributed by atoms with E-state index in [4.69, 9.17) is 17.3 Å². The van der Waals surface area contributed by atoms with Crippen molar-refractivity contribution in [2.45, 2.75) is 0 Å². The lowest BCUT2D eigenvalue weighted by Gasteiger charge is -2.07. The van der Waals surface area contributed by atoms with Gasteiger partial charge >= 0.3 is 0 Å². The summed E-state index contributed by atoms with van der Waals surface area (Å²) in [5, 5.41) is 2.54. The minimum atomic E-state index is -0.704. The van der Waals surface area contributed by atoms with Gasteiger partial charge in [-0.05, 0) is 36.4 Å². The maximum atomic E-state index is 13.5. The Morgan fingerprint density at radius 2 is 1.84 bits per heavy atom. The summed E-state index contributed by atoms with van der Waals surface area (Å²) in [6, 6.07) is 7.43. The minimum absolute atomic E-state index is 0.0355. The molecule has 19 heavy (non-hydrogen) atoms. The fourth-order valence-corrected chi connectivity index (χ4v) is 1.61. The molecule has 0 aliphatic rings. The Bertz CT molecular complexity index is 647. The summed E-state index contributed by atoms with van der Waals surface area (Å²) in [5.74, 6) is -2.01. The van der Waals surface area contributed by atoms with Crippen molar-refractivity contribution < 1.29 is 13.6 Å². The molecule has 0 heterocycles. The summed E-state index contributed by atoms with van der Waals surface area (Å²) >= 11 is 5.59. The third kappa shape index (κ3) is 3.00. The summed E-state index contributed by atoms with van der Waals surface area (Å²) in [5.41, 5.74) is 5.25. The molecule has 0 aliphatic carbocycles. The van der Waals surface area contributed by atoms with E-state index in [1.807, 2.05) is 0 Å². The number of rotatable bonds is 2. The van der Waals surface area contributed by atoms with Crippen LogP contribution < -0.4 is 11.1 Å². The molecule has 0 radical (unpaired) electrons. The van der Waals surface area contributed by atoms with E-state index in [0.717, 1.165) is 12.1 Å². The van der Waals surface area contributed by atoms with Crippen LogP contribution in [0.25, 0.3) is 0 Å². The summed E-state index contributed by atoms with van der Waals surface area (Å²) < 4.78 is 26.7. The third-order valence-corrected chi connectivity index (χ3v) is 2.68. The largest absolute Gasteiger partial charge is 0.396 e. The van der Waals surface area contributed by atoms with E-state index >= 15 is 0 Å². The van der Waals surface area contributed by atoms with Crippen molar-refractivity contribution in [1.82, 2.24) is 0 Å². The van der Waals surface area contributed by atoms with Gasteiger partial charge in [0, 0.05) is 10.6 Å². The number of benzene rings is 2. The second kappa shape index (κ2) is 5.24. The second-order valence-electron chi connectivity index (χ2n) is 3.81. The van der Waals surface area contributed by atoms with Crippen molar-refractivity contribution >= 4 is 28.9 Å². The van der Waals surface area contributed by atoms with Crippen molar-refractivity contribution in [1.29, 1.82) is 0 Å². The molecule has 0 spiro atoms. The van der Waals surface area contributed by atoms with Crippen LogP contribution in [0.3, 0.4) is 0 Å². The molecule has 6 heteroatoms. The Morgan fingerprint density at radius 3 is 2.47 bits per heavy atom. The molecule has 0 saturated heterocycles. The second-order valence-corrected chi connectivity index (χ2v) is 4.25. The molecule has 0 fully saturated rings. The lowest BCUT2D eigenvalue weighted by atomic mass is 10.2. The Balaban J connectivity index is 2.23. The van der Waals surface area contributed by atoms with Crippen LogP contribution in [0.1, 0.15) is 10.4 Å². The molecular formula is C13H9ClF2N2O. The number of hydrogen-bond donors (Lipinski definition) is 2. The van der Waals surface area contributed by atoms with Crippen molar-refractivity contribution in [2.24, 2.45) is 0 Å². The summed E-state index contributed by atoms with van der Waals surface area (Å²) in [4.78, 5) is 11.8. The third-order valence-electron chi connectivity index (χ3n) is 2.44. The summed E-state index contributed by atoms with van der Waals surface area (Å²) in [6.45, 7) is 0. The van der Waals surface area contributed by atoms with E-state index in [-0.39, 0.29) is 22.0 Å². The predicted molar refractivity (Wildman–Crippen MR) is 70.2 cm³/mol. The van der Waals surface area contributed by atoms with Crippen LogP contribution in [0.2, 0.25) is 5.02 Å². The van der Waals surface area contributed by atoms with Gasteiger partial charge in [-0.1, -0.05) is 11.6 Å². The molecule has 3 N–H and O–H groups in total. The molecule has 1 amide bonds. The van der Waals surface area contributed by atoms with Crippen molar-refractivity contribution in [3.63, 3.8) is 0 Å². The number of amides is 1. The topological polar surface area (TPSA) is 55.1 Å². The van der Waals surface area contributed by atoms with Gasteiger partial charge in [0.1, 0.15) is 11.6 Å². The highest BCUT2D eigenvalue weighted by Crippen LogP contribution is 2.20. The number of hydrogen-bond acceptors (Lipinski definition) is 2. The maximum Gasteiger partial charge on any atom is 0.255 e. The van der Waals surface area contributed by atoms with Crippen molar-refractivity contribution in [3.8, 4) is 0 Å². The monoisotopic (exact) mass is 282 g/mol. The van der Waals surface area contributed by atoms with Gasteiger partial charge in [-0.2, -0.15) is 0 Å². The Hall–Kier alpha value is -2.14. The highest BCUT2D eigenvalue weighted by molar-refractivity contribution is 6.30. The van der Waals surface area contributed by atoms with E-state index < -0.39 is 17.5 Å². The SMILES string of the molecule is Nc1ccc(C(=O)Nc2ccc(Cl)cc2F)cc1F. The zero-order valence-electron chi connectivity index (χ0n) is 9.58. The van der Waals surface area contributed by atoms with Crippen LogP contribution in [0, 0.1) is 11.6 Å². The van der Waals surface area contributed by atoms with Crippen molar-refractivity contribution in [3.05, 3.63) is 58.6 Å². The molecule has 0 saturated carbocycles. The molecule has 0 unspecified atom stereocenters. The molecule has 3 nitrogen and oxygen atoms in total. The Labute approximate surface area is 113 Å². The molecule has 98 valence electrons. The van der Waals surface area contributed by atoms with Gasteiger partial charge in [0.25, 0.3) is 5.91 Å². The van der Waals surface area contributed by atoms with Gasteiger partial charge in [0.2, 0.25) is 0 Å². The summed E-state index contributed by atoms with van der Waals surface area (Å²) in [6.07, 6.45) is 0. The molecule has 2 rings (SSSR count). The standard InChI is InChI=1S/C13H9ClF2N2O/c14-8-2-4-12(10(16)6-8)18-13(19)7-1-3-11(17)9(15)5-7/h1-6H,17H2,(H,18,19). The minimum Gasteiger partial charge on any atom is -0.396 e. The van der Waals surface area contributed by atoms with Crippen LogP contribution in [0.5, 0.6) is 0 Å². The first-order valence-corrected chi connectivity index (χ1v) is 5.66. The lowest BCUT2D eigenvalue weighted by Crippen LogP contribution is -2.13. The molecule has 2 aromatic rings. The number of anilines is 2. The molecular weight excluding hydrogens is 274 g/mol. The normalized spacial score (nSPS) is 10.3. The van der Waals surface area contributed by atoms with Gasteiger partial charge in [-0.25, -0.2) is 8.78 Å². The number of halogens is 3. The quantitative estimate of drug-likeness (QED) is 0.829. The number of carbonyl (C=O) groups excluding carboxylic acids is 1. The van der Waals surface area contributed by atoms with Crippen LogP contribution in [-0.2, 0) is 0 Å².